The zero-order valence-electron chi connectivity index (χ0n) is 21.4. The van der Waals surface area contributed by atoms with Crippen molar-refractivity contribution in [1.29, 1.82) is 0 Å². The van der Waals surface area contributed by atoms with E-state index in [0.717, 1.165) is 62.2 Å². The standard InChI is InChI=1S/C29H36N2O5/c1-5-15-31-16-14-28(24-7-6-8-26(18-24)36-22(3)32)19-25(11-13-29(28,20-31)34-4)30-27(33)10-9-23-12-17-35-21(23)2/h5-10,12,17-18,25H,1,11,13-16,19-20H2,2-4H3,(H,30,33)/b10-9+/t25-,28+,29+/m1/s1. The second kappa shape index (κ2) is 10.8. The van der Waals surface area contributed by atoms with E-state index in [4.69, 9.17) is 13.9 Å². The first-order valence-electron chi connectivity index (χ1n) is 12.5. The molecule has 1 saturated heterocycles. The minimum absolute atomic E-state index is 0.0146. The van der Waals surface area contributed by atoms with E-state index < -0.39 is 5.60 Å². The van der Waals surface area contributed by atoms with Crippen molar-refractivity contribution in [2.45, 2.75) is 56.6 Å². The van der Waals surface area contributed by atoms with Crippen LogP contribution in [0.25, 0.3) is 6.08 Å². The molecule has 0 spiro atoms. The lowest BCUT2D eigenvalue weighted by atomic mass is 9.55. The minimum atomic E-state index is -0.436. The number of carbonyl (C=O) groups excluding carboxylic acids is 2. The number of furan rings is 1. The fourth-order valence-corrected chi connectivity index (χ4v) is 6.06. The van der Waals surface area contributed by atoms with Crippen molar-refractivity contribution in [1.82, 2.24) is 10.2 Å². The number of amides is 1. The molecule has 3 atom stereocenters. The van der Waals surface area contributed by atoms with Crippen molar-refractivity contribution in [2.75, 3.05) is 26.7 Å². The van der Waals surface area contributed by atoms with Crippen LogP contribution >= 0.6 is 0 Å². The van der Waals surface area contributed by atoms with E-state index in [1.165, 1.54) is 6.92 Å². The Hall–Kier alpha value is -3.16. The van der Waals surface area contributed by atoms with Crippen molar-refractivity contribution >= 4 is 18.0 Å². The number of rotatable bonds is 8. The van der Waals surface area contributed by atoms with Gasteiger partial charge >= 0.3 is 5.97 Å². The normalized spacial score (nSPS) is 26.4. The molecule has 1 N–H and O–H groups in total. The highest BCUT2D eigenvalue weighted by atomic mass is 16.5. The van der Waals surface area contributed by atoms with E-state index in [1.54, 1.807) is 31.6 Å². The summed E-state index contributed by atoms with van der Waals surface area (Å²) < 4.78 is 17.1. The molecule has 1 aliphatic heterocycles. The van der Waals surface area contributed by atoms with Crippen molar-refractivity contribution < 1.29 is 23.5 Å². The highest BCUT2D eigenvalue weighted by Crippen LogP contribution is 2.53. The number of nitrogens with one attached hydrogen (secondary N) is 1. The van der Waals surface area contributed by atoms with Crippen molar-refractivity contribution in [3.8, 4) is 5.75 Å². The third-order valence-electron chi connectivity index (χ3n) is 7.78. The molecular weight excluding hydrogens is 456 g/mol. The number of hydrogen-bond acceptors (Lipinski definition) is 6. The van der Waals surface area contributed by atoms with Gasteiger partial charge in [0.05, 0.1) is 11.9 Å². The Kier molecular flexibility index (Phi) is 7.81. The van der Waals surface area contributed by atoms with Gasteiger partial charge in [-0.25, -0.2) is 0 Å². The number of fused-ring (bicyclic) bond motifs is 1. The van der Waals surface area contributed by atoms with E-state index in [9.17, 15) is 9.59 Å². The number of ether oxygens (including phenoxy) is 2. The second-order valence-corrected chi connectivity index (χ2v) is 9.89. The summed E-state index contributed by atoms with van der Waals surface area (Å²) in [4.78, 5) is 26.9. The van der Waals surface area contributed by atoms with Gasteiger partial charge in [0.15, 0.2) is 0 Å². The number of likely N-dealkylation sites (tertiary alicyclic amines) is 1. The van der Waals surface area contributed by atoms with Gasteiger partial charge in [-0.3, -0.25) is 14.5 Å². The molecule has 1 amide bonds. The number of esters is 1. The molecule has 1 aliphatic carbocycles. The molecule has 2 heterocycles. The number of hydrogen-bond donors (Lipinski definition) is 1. The molecule has 2 aromatic rings. The number of nitrogens with zero attached hydrogens (tertiary/aromatic N) is 1. The molecule has 0 bridgehead atoms. The summed E-state index contributed by atoms with van der Waals surface area (Å²) in [6, 6.07) is 9.61. The minimum Gasteiger partial charge on any atom is -0.469 e. The average Bonchev–Trinajstić information content (AvgIpc) is 3.27. The van der Waals surface area contributed by atoms with Gasteiger partial charge in [0.2, 0.25) is 5.91 Å². The average molecular weight is 493 g/mol. The second-order valence-electron chi connectivity index (χ2n) is 9.89. The number of methoxy groups -OCH3 is 1. The Morgan fingerprint density at radius 3 is 2.83 bits per heavy atom. The van der Waals surface area contributed by atoms with E-state index in [0.29, 0.717) is 5.75 Å². The van der Waals surface area contributed by atoms with Crippen LogP contribution < -0.4 is 10.1 Å². The van der Waals surface area contributed by atoms with Gasteiger partial charge in [-0.1, -0.05) is 18.2 Å². The lowest BCUT2D eigenvalue weighted by Gasteiger charge is -2.59. The van der Waals surface area contributed by atoms with Crippen LogP contribution in [0.2, 0.25) is 0 Å². The van der Waals surface area contributed by atoms with Gasteiger partial charge in [0.25, 0.3) is 0 Å². The van der Waals surface area contributed by atoms with Gasteiger partial charge in [0.1, 0.15) is 11.5 Å². The van der Waals surface area contributed by atoms with E-state index in [2.05, 4.69) is 22.9 Å². The van der Waals surface area contributed by atoms with Crippen LogP contribution in [0.1, 0.15) is 49.5 Å². The number of piperidine rings is 1. The summed E-state index contributed by atoms with van der Waals surface area (Å²) >= 11 is 0. The Morgan fingerprint density at radius 2 is 2.14 bits per heavy atom. The van der Waals surface area contributed by atoms with Crippen LogP contribution in [0, 0.1) is 6.92 Å². The van der Waals surface area contributed by atoms with Gasteiger partial charge in [-0.05, 0) is 69.0 Å². The zero-order valence-corrected chi connectivity index (χ0v) is 21.4. The van der Waals surface area contributed by atoms with Crippen LogP contribution in [0.4, 0.5) is 0 Å². The van der Waals surface area contributed by atoms with E-state index in [1.807, 2.05) is 31.2 Å². The van der Waals surface area contributed by atoms with Gasteiger partial charge in [0, 0.05) is 50.2 Å². The Morgan fingerprint density at radius 1 is 1.31 bits per heavy atom. The summed E-state index contributed by atoms with van der Waals surface area (Å²) in [7, 11) is 1.79. The van der Waals surface area contributed by atoms with Crippen LogP contribution in [-0.4, -0.2) is 55.2 Å². The van der Waals surface area contributed by atoms with Crippen LogP contribution in [0.5, 0.6) is 5.75 Å². The summed E-state index contributed by atoms with van der Waals surface area (Å²) in [6.45, 7) is 9.65. The molecule has 4 rings (SSSR count). The molecule has 0 radical (unpaired) electrons. The molecule has 0 unspecified atom stereocenters. The molecular formula is C29H36N2O5. The van der Waals surface area contributed by atoms with Crippen LogP contribution in [-0.2, 0) is 19.7 Å². The highest BCUT2D eigenvalue weighted by molar-refractivity contribution is 5.92. The van der Waals surface area contributed by atoms with E-state index >= 15 is 0 Å². The Labute approximate surface area is 213 Å². The first-order chi connectivity index (χ1) is 17.3. The van der Waals surface area contributed by atoms with Gasteiger partial charge in [-0.15, -0.1) is 6.58 Å². The summed E-state index contributed by atoms with van der Waals surface area (Å²) in [6.07, 6.45) is 10.1. The van der Waals surface area contributed by atoms with Crippen molar-refractivity contribution in [3.63, 3.8) is 0 Å². The van der Waals surface area contributed by atoms with Crippen molar-refractivity contribution in [2.24, 2.45) is 0 Å². The maximum atomic E-state index is 12.8. The molecule has 1 saturated carbocycles. The number of aryl methyl sites for hydroxylation is 1. The summed E-state index contributed by atoms with van der Waals surface area (Å²) in [5, 5.41) is 3.23. The molecule has 7 nitrogen and oxygen atoms in total. The largest absolute Gasteiger partial charge is 0.469 e. The predicted molar refractivity (Wildman–Crippen MR) is 139 cm³/mol. The van der Waals surface area contributed by atoms with Gasteiger partial charge < -0.3 is 19.2 Å². The maximum Gasteiger partial charge on any atom is 0.308 e. The Balaban J connectivity index is 1.63. The molecule has 2 fully saturated rings. The fraction of sp³-hybridized carbons (Fsp3) is 0.448. The first kappa shape index (κ1) is 25.9. The van der Waals surface area contributed by atoms with Crippen molar-refractivity contribution in [3.05, 3.63) is 72.2 Å². The fourth-order valence-electron chi connectivity index (χ4n) is 6.06. The summed E-state index contributed by atoms with van der Waals surface area (Å²) in [5.41, 5.74) is 1.18. The first-order valence-corrected chi connectivity index (χ1v) is 12.5. The zero-order chi connectivity index (χ0) is 25.8. The highest BCUT2D eigenvalue weighted by Gasteiger charge is 2.58. The summed E-state index contributed by atoms with van der Waals surface area (Å²) in [5.74, 6) is 0.826. The molecule has 1 aromatic heterocycles. The lowest BCUT2D eigenvalue weighted by Crippen LogP contribution is -2.67. The molecule has 7 heteroatoms. The lowest BCUT2D eigenvalue weighted by molar-refractivity contribution is -0.149. The number of benzene rings is 1. The third kappa shape index (κ3) is 5.18. The molecule has 2 aliphatic rings. The Bertz CT molecular complexity index is 1140. The van der Waals surface area contributed by atoms with Crippen LogP contribution in [0.3, 0.4) is 0 Å². The smallest absolute Gasteiger partial charge is 0.308 e. The quantitative estimate of drug-likeness (QED) is 0.254. The molecule has 36 heavy (non-hydrogen) atoms. The topological polar surface area (TPSA) is 81.0 Å². The maximum absolute atomic E-state index is 12.8. The molecule has 192 valence electrons. The number of carbonyl (C=O) groups is 2. The SMILES string of the molecule is C=CCN1CC[C@@]2(c3cccc(OC(C)=O)c3)C[C@H](NC(=O)/C=C/c3ccoc3C)CC[C@]2(OC)C1. The predicted octanol–water partition coefficient (Wildman–Crippen LogP) is 4.41. The van der Waals surface area contributed by atoms with Crippen LogP contribution in [0.15, 0.2) is 59.7 Å². The van der Waals surface area contributed by atoms with E-state index in [-0.39, 0.29) is 23.3 Å². The van der Waals surface area contributed by atoms with Gasteiger partial charge in [-0.2, -0.15) is 0 Å². The molecule has 1 aromatic carbocycles. The monoisotopic (exact) mass is 492 g/mol. The third-order valence-corrected chi connectivity index (χ3v) is 7.78.